The molecule has 0 amide bonds. The number of benzene rings is 1. The molecule has 1 aromatic carbocycles. The van der Waals surface area contributed by atoms with Crippen LogP contribution in [0.1, 0.15) is 29.8 Å². The van der Waals surface area contributed by atoms with Gasteiger partial charge in [-0.3, -0.25) is 9.69 Å². The Morgan fingerprint density at radius 3 is 2.67 bits per heavy atom. The Morgan fingerprint density at radius 1 is 1.39 bits per heavy atom. The van der Waals surface area contributed by atoms with Crippen molar-refractivity contribution >= 4 is 17.5 Å². The number of rotatable bonds is 3. The quantitative estimate of drug-likeness (QED) is 0.782. The Morgan fingerprint density at radius 2 is 2.06 bits per heavy atom. The highest BCUT2D eigenvalue weighted by molar-refractivity contribution is 7.99. The molecule has 0 radical (unpaired) electrons. The number of ketones is 1. The molecule has 2 nitrogen and oxygen atoms in total. The van der Waals surface area contributed by atoms with E-state index in [0.717, 1.165) is 24.4 Å². The molecule has 1 aliphatic rings. The molecule has 1 heterocycles. The molecular formula is C15H21NOS. The monoisotopic (exact) mass is 263 g/mol. The molecule has 0 bridgehead atoms. The second kappa shape index (κ2) is 5.89. The summed E-state index contributed by atoms with van der Waals surface area (Å²) < 4.78 is 0. The van der Waals surface area contributed by atoms with Crippen LogP contribution < -0.4 is 0 Å². The van der Waals surface area contributed by atoms with Gasteiger partial charge in [-0.1, -0.05) is 36.8 Å². The summed E-state index contributed by atoms with van der Waals surface area (Å²) in [5.74, 6) is 1.38. The molecule has 18 heavy (non-hydrogen) atoms. The van der Waals surface area contributed by atoms with Crippen LogP contribution in [0, 0.1) is 6.92 Å². The third-order valence-corrected chi connectivity index (χ3v) is 4.67. The summed E-state index contributed by atoms with van der Waals surface area (Å²) in [5.41, 5.74) is 2.03. The second-order valence-corrected chi connectivity index (χ2v) is 6.63. The van der Waals surface area contributed by atoms with Crippen molar-refractivity contribution in [1.82, 2.24) is 4.90 Å². The maximum atomic E-state index is 12.4. The average molecular weight is 263 g/mol. The first-order valence-electron chi connectivity index (χ1n) is 6.54. The molecule has 0 spiro atoms. The van der Waals surface area contributed by atoms with Gasteiger partial charge in [-0.15, -0.1) is 0 Å². The topological polar surface area (TPSA) is 20.3 Å². The maximum absolute atomic E-state index is 12.4. The molecule has 1 saturated heterocycles. The van der Waals surface area contributed by atoms with Gasteiger partial charge < -0.3 is 0 Å². The van der Waals surface area contributed by atoms with E-state index in [0.29, 0.717) is 5.25 Å². The minimum atomic E-state index is -0.00365. The summed E-state index contributed by atoms with van der Waals surface area (Å²) in [6.45, 7) is 8.35. The SMILES string of the molecule is Cc1ccc(C(=O)C(C)N2CCSC(C)C2)cc1. The summed E-state index contributed by atoms with van der Waals surface area (Å²) in [6, 6.07) is 7.90. The Balaban J connectivity index is 2.06. The third-order valence-electron chi connectivity index (χ3n) is 3.54. The van der Waals surface area contributed by atoms with E-state index in [9.17, 15) is 4.79 Å². The van der Waals surface area contributed by atoms with Crippen LogP contribution in [0.25, 0.3) is 0 Å². The molecule has 2 atom stereocenters. The molecule has 98 valence electrons. The zero-order chi connectivity index (χ0) is 13.1. The van der Waals surface area contributed by atoms with E-state index >= 15 is 0 Å². The Hall–Kier alpha value is -0.800. The zero-order valence-corrected chi connectivity index (χ0v) is 12.2. The molecule has 1 fully saturated rings. The van der Waals surface area contributed by atoms with Crippen LogP contribution >= 0.6 is 11.8 Å². The molecule has 0 N–H and O–H groups in total. The first kappa shape index (κ1) is 13.6. The first-order chi connectivity index (χ1) is 8.58. The number of carbonyl (C=O) groups is 1. The van der Waals surface area contributed by atoms with Gasteiger partial charge in [0, 0.05) is 29.7 Å². The summed E-state index contributed by atoms with van der Waals surface area (Å²) >= 11 is 2.00. The fourth-order valence-corrected chi connectivity index (χ4v) is 3.36. The first-order valence-corrected chi connectivity index (χ1v) is 7.59. The second-order valence-electron chi connectivity index (χ2n) is 5.08. The number of hydrogen-bond acceptors (Lipinski definition) is 3. The number of aryl methyl sites for hydroxylation is 1. The number of nitrogens with zero attached hydrogens (tertiary/aromatic N) is 1. The highest BCUT2D eigenvalue weighted by Gasteiger charge is 2.26. The molecule has 0 aromatic heterocycles. The number of hydrogen-bond donors (Lipinski definition) is 0. The van der Waals surface area contributed by atoms with Crippen molar-refractivity contribution in [3.63, 3.8) is 0 Å². The summed E-state index contributed by atoms with van der Waals surface area (Å²) in [6.07, 6.45) is 0. The third kappa shape index (κ3) is 3.15. The van der Waals surface area contributed by atoms with Crippen LogP contribution in [0.5, 0.6) is 0 Å². The lowest BCUT2D eigenvalue weighted by atomic mass is 10.0. The molecular weight excluding hydrogens is 242 g/mol. The van der Waals surface area contributed by atoms with Gasteiger partial charge in [-0.2, -0.15) is 11.8 Å². The smallest absolute Gasteiger partial charge is 0.179 e. The van der Waals surface area contributed by atoms with E-state index in [1.807, 2.05) is 49.9 Å². The van der Waals surface area contributed by atoms with Gasteiger partial charge >= 0.3 is 0 Å². The van der Waals surface area contributed by atoms with Gasteiger partial charge in [-0.25, -0.2) is 0 Å². The molecule has 0 aliphatic carbocycles. The number of Topliss-reactive ketones (excluding diaryl/α,β-unsaturated/α-hetero) is 1. The van der Waals surface area contributed by atoms with Crippen molar-refractivity contribution in [2.75, 3.05) is 18.8 Å². The van der Waals surface area contributed by atoms with Crippen LogP contribution in [0.3, 0.4) is 0 Å². The highest BCUT2D eigenvalue weighted by Crippen LogP contribution is 2.21. The van der Waals surface area contributed by atoms with E-state index in [1.54, 1.807) is 0 Å². The molecule has 3 heteroatoms. The highest BCUT2D eigenvalue weighted by atomic mass is 32.2. The number of thioether (sulfide) groups is 1. The van der Waals surface area contributed by atoms with Crippen LogP contribution in [-0.4, -0.2) is 40.8 Å². The van der Waals surface area contributed by atoms with Crippen molar-refractivity contribution in [2.45, 2.75) is 32.1 Å². The fraction of sp³-hybridized carbons (Fsp3) is 0.533. The lowest BCUT2D eigenvalue weighted by molar-refractivity contribution is 0.0844. The molecule has 1 aliphatic heterocycles. The minimum Gasteiger partial charge on any atom is -0.292 e. The summed E-state index contributed by atoms with van der Waals surface area (Å²) in [4.78, 5) is 14.7. The maximum Gasteiger partial charge on any atom is 0.179 e. The van der Waals surface area contributed by atoms with Gasteiger partial charge in [0.25, 0.3) is 0 Å². The van der Waals surface area contributed by atoms with E-state index < -0.39 is 0 Å². The van der Waals surface area contributed by atoms with Crippen LogP contribution in [0.4, 0.5) is 0 Å². The predicted molar refractivity (Wildman–Crippen MR) is 78.5 cm³/mol. The fourth-order valence-electron chi connectivity index (χ4n) is 2.32. The lowest BCUT2D eigenvalue weighted by Crippen LogP contribution is -2.46. The largest absolute Gasteiger partial charge is 0.292 e. The normalized spacial score (nSPS) is 22.7. The summed E-state index contributed by atoms with van der Waals surface area (Å²) in [5, 5.41) is 0.631. The van der Waals surface area contributed by atoms with Crippen LogP contribution in [-0.2, 0) is 0 Å². The van der Waals surface area contributed by atoms with E-state index in [-0.39, 0.29) is 11.8 Å². The van der Waals surface area contributed by atoms with E-state index in [1.165, 1.54) is 5.56 Å². The molecule has 2 unspecified atom stereocenters. The van der Waals surface area contributed by atoms with Crippen LogP contribution in [0.15, 0.2) is 24.3 Å². The van der Waals surface area contributed by atoms with Crippen molar-refractivity contribution in [3.05, 3.63) is 35.4 Å². The van der Waals surface area contributed by atoms with Crippen molar-refractivity contribution in [3.8, 4) is 0 Å². The van der Waals surface area contributed by atoms with E-state index in [4.69, 9.17) is 0 Å². The molecule has 1 aromatic rings. The molecule has 0 saturated carbocycles. The average Bonchev–Trinajstić information content (AvgIpc) is 2.38. The van der Waals surface area contributed by atoms with Gasteiger partial charge in [0.15, 0.2) is 5.78 Å². The van der Waals surface area contributed by atoms with Crippen molar-refractivity contribution < 1.29 is 4.79 Å². The van der Waals surface area contributed by atoms with Crippen molar-refractivity contribution in [2.24, 2.45) is 0 Å². The Labute approximate surface area is 114 Å². The standard InChI is InChI=1S/C15H21NOS/c1-11-4-6-14(7-5-11)15(17)13(3)16-8-9-18-12(2)10-16/h4-7,12-13H,8-10H2,1-3H3. The molecule has 2 rings (SSSR count). The zero-order valence-electron chi connectivity index (χ0n) is 11.3. The van der Waals surface area contributed by atoms with Gasteiger partial charge in [0.05, 0.1) is 6.04 Å². The van der Waals surface area contributed by atoms with Gasteiger partial charge in [0.1, 0.15) is 0 Å². The number of carbonyl (C=O) groups excluding carboxylic acids is 1. The predicted octanol–water partition coefficient (Wildman–Crippen LogP) is 3.00. The Kier molecular flexibility index (Phi) is 4.46. The lowest BCUT2D eigenvalue weighted by Gasteiger charge is -2.34. The minimum absolute atomic E-state index is 0.00365. The summed E-state index contributed by atoms with van der Waals surface area (Å²) in [7, 11) is 0. The van der Waals surface area contributed by atoms with Crippen molar-refractivity contribution in [1.29, 1.82) is 0 Å². The van der Waals surface area contributed by atoms with E-state index in [2.05, 4.69) is 11.8 Å². The van der Waals surface area contributed by atoms with Gasteiger partial charge in [-0.05, 0) is 13.8 Å². The Bertz CT molecular complexity index is 415. The van der Waals surface area contributed by atoms with Gasteiger partial charge in [0.2, 0.25) is 0 Å². The van der Waals surface area contributed by atoms with Crippen LogP contribution in [0.2, 0.25) is 0 Å².